The molecule has 0 aliphatic carbocycles. The van der Waals surface area contributed by atoms with Gasteiger partial charge in [-0.2, -0.15) is 0 Å². The van der Waals surface area contributed by atoms with Crippen LogP contribution < -0.4 is 5.32 Å². The lowest BCUT2D eigenvalue weighted by molar-refractivity contribution is -0.141. The number of nitrogens with one attached hydrogen (secondary N) is 1. The third-order valence-corrected chi connectivity index (χ3v) is 5.58. The van der Waals surface area contributed by atoms with Gasteiger partial charge in [0, 0.05) is 25.0 Å². The van der Waals surface area contributed by atoms with Crippen LogP contribution in [-0.2, 0) is 22.4 Å². The van der Waals surface area contributed by atoms with E-state index in [1.165, 1.54) is 5.56 Å². The Balaban J connectivity index is 1.50. The highest BCUT2D eigenvalue weighted by atomic mass is 16.2. The molecule has 0 bridgehead atoms. The number of rotatable bonds is 6. The highest BCUT2D eigenvalue weighted by Gasteiger charge is 2.35. The molecule has 2 amide bonds. The zero-order valence-electron chi connectivity index (χ0n) is 17.6. The summed E-state index contributed by atoms with van der Waals surface area (Å²) in [7, 11) is 0. The van der Waals surface area contributed by atoms with Crippen LogP contribution in [0.5, 0.6) is 0 Å². The summed E-state index contributed by atoms with van der Waals surface area (Å²) >= 11 is 0. The second kappa shape index (κ2) is 9.21. The van der Waals surface area contributed by atoms with E-state index in [0.29, 0.717) is 5.92 Å². The summed E-state index contributed by atoms with van der Waals surface area (Å²) in [4.78, 5) is 31.6. The maximum absolute atomic E-state index is 13.0. The minimum Gasteiger partial charge on any atom is -0.342 e. The van der Waals surface area contributed by atoms with E-state index in [1.54, 1.807) is 13.8 Å². The third-order valence-electron chi connectivity index (χ3n) is 5.58. The van der Waals surface area contributed by atoms with E-state index in [2.05, 4.69) is 22.4 Å². The fourth-order valence-corrected chi connectivity index (χ4v) is 4.03. The molecule has 0 unspecified atom stereocenters. The molecular formula is C24H31N3O2. The monoisotopic (exact) mass is 393 g/mol. The molecule has 1 saturated heterocycles. The Hall–Kier alpha value is -2.69. The molecule has 1 aromatic heterocycles. The van der Waals surface area contributed by atoms with Crippen LogP contribution in [0.1, 0.15) is 43.5 Å². The maximum atomic E-state index is 13.0. The first-order valence-corrected chi connectivity index (χ1v) is 10.4. The van der Waals surface area contributed by atoms with Gasteiger partial charge in [0.1, 0.15) is 5.54 Å². The summed E-state index contributed by atoms with van der Waals surface area (Å²) in [5.74, 6) is 0.450. The van der Waals surface area contributed by atoms with Crippen LogP contribution in [0, 0.1) is 12.8 Å². The standard InChI is InChI=1S/C24H31N3O2/c1-18-15-21(9-12-25-18)16-20-10-13-27(14-11-20)23(29)24(2,3)26-22(28)17-19-7-5-4-6-8-19/h4-9,12,15,20H,10-11,13-14,16-17H2,1-3H3,(H,26,28). The Morgan fingerprint density at radius 1 is 1.10 bits per heavy atom. The molecule has 5 nitrogen and oxygen atoms in total. The van der Waals surface area contributed by atoms with Gasteiger partial charge < -0.3 is 10.2 Å². The van der Waals surface area contributed by atoms with Crippen molar-refractivity contribution in [2.75, 3.05) is 13.1 Å². The summed E-state index contributed by atoms with van der Waals surface area (Å²) in [5.41, 5.74) is 2.40. The molecule has 154 valence electrons. The lowest BCUT2D eigenvalue weighted by Gasteiger charge is -2.37. The van der Waals surface area contributed by atoms with Crippen molar-refractivity contribution in [3.8, 4) is 0 Å². The van der Waals surface area contributed by atoms with E-state index in [-0.39, 0.29) is 18.2 Å². The Kier molecular flexibility index (Phi) is 6.68. The number of hydrogen-bond acceptors (Lipinski definition) is 3. The zero-order valence-corrected chi connectivity index (χ0v) is 17.6. The van der Waals surface area contributed by atoms with Gasteiger partial charge in [-0.05, 0) is 69.2 Å². The van der Waals surface area contributed by atoms with E-state index in [0.717, 1.165) is 43.6 Å². The largest absolute Gasteiger partial charge is 0.342 e. The van der Waals surface area contributed by atoms with Crippen molar-refractivity contribution < 1.29 is 9.59 Å². The molecule has 1 aromatic carbocycles. The molecule has 0 atom stereocenters. The quantitative estimate of drug-likeness (QED) is 0.819. The first kappa shape index (κ1) is 21.0. The molecule has 2 heterocycles. The predicted octanol–water partition coefficient (Wildman–Crippen LogP) is 3.31. The second-order valence-corrected chi connectivity index (χ2v) is 8.58. The molecule has 29 heavy (non-hydrogen) atoms. The molecule has 5 heteroatoms. The molecule has 0 radical (unpaired) electrons. The van der Waals surface area contributed by atoms with Gasteiger partial charge >= 0.3 is 0 Å². The fraction of sp³-hybridized carbons (Fsp3) is 0.458. The van der Waals surface area contributed by atoms with Crippen LogP contribution in [0.3, 0.4) is 0 Å². The van der Waals surface area contributed by atoms with E-state index in [1.807, 2.05) is 48.4 Å². The van der Waals surface area contributed by atoms with Crippen LogP contribution in [0.2, 0.25) is 0 Å². The van der Waals surface area contributed by atoms with Crippen LogP contribution in [0.4, 0.5) is 0 Å². The summed E-state index contributed by atoms with van der Waals surface area (Å²) in [5, 5.41) is 2.92. The average molecular weight is 394 g/mol. The van der Waals surface area contributed by atoms with Crippen LogP contribution >= 0.6 is 0 Å². The highest BCUT2D eigenvalue weighted by molar-refractivity contribution is 5.91. The molecule has 1 aliphatic heterocycles. The van der Waals surface area contributed by atoms with Crippen molar-refractivity contribution in [1.82, 2.24) is 15.2 Å². The average Bonchev–Trinajstić information content (AvgIpc) is 2.68. The number of carbonyl (C=O) groups is 2. The number of carbonyl (C=O) groups excluding carboxylic acids is 2. The normalized spacial score (nSPS) is 15.2. The lowest BCUT2D eigenvalue weighted by Crippen LogP contribution is -2.57. The molecule has 1 N–H and O–H groups in total. The smallest absolute Gasteiger partial charge is 0.247 e. The van der Waals surface area contributed by atoms with Gasteiger partial charge in [0.15, 0.2) is 0 Å². The number of piperidine rings is 1. The molecule has 0 saturated carbocycles. The molecule has 0 spiro atoms. The second-order valence-electron chi connectivity index (χ2n) is 8.58. The van der Waals surface area contributed by atoms with Gasteiger partial charge in [0.2, 0.25) is 11.8 Å². The predicted molar refractivity (Wildman–Crippen MR) is 114 cm³/mol. The Morgan fingerprint density at radius 3 is 2.45 bits per heavy atom. The van der Waals surface area contributed by atoms with E-state index in [9.17, 15) is 9.59 Å². The summed E-state index contributed by atoms with van der Waals surface area (Å²) < 4.78 is 0. The minimum atomic E-state index is -0.902. The number of nitrogens with zero attached hydrogens (tertiary/aromatic N) is 2. The Morgan fingerprint density at radius 2 is 1.79 bits per heavy atom. The number of aryl methyl sites for hydroxylation is 1. The summed E-state index contributed by atoms with van der Waals surface area (Å²) in [6, 6.07) is 13.8. The van der Waals surface area contributed by atoms with Crippen molar-refractivity contribution in [2.45, 2.75) is 52.0 Å². The Bertz CT molecular complexity index is 840. The van der Waals surface area contributed by atoms with Gasteiger partial charge in [-0.1, -0.05) is 30.3 Å². The van der Waals surface area contributed by atoms with Crippen LogP contribution in [0.15, 0.2) is 48.7 Å². The number of hydrogen-bond donors (Lipinski definition) is 1. The number of benzene rings is 1. The molecule has 3 rings (SSSR count). The zero-order chi connectivity index (χ0) is 20.9. The first-order valence-electron chi connectivity index (χ1n) is 10.4. The Labute approximate surface area is 173 Å². The van der Waals surface area contributed by atoms with Gasteiger partial charge in [0.05, 0.1) is 6.42 Å². The van der Waals surface area contributed by atoms with Crippen molar-refractivity contribution >= 4 is 11.8 Å². The first-order chi connectivity index (χ1) is 13.8. The molecular weight excluding hydrogens is 362 g/mol. The molecule has 1 fully saturated rings. The van der Waals surface area contributed by atoms with E-state index < -0.39 is 5.54 Å². The lowest BCUT2D eigenvalue weighted by atomic mass is 9.89. The fourth-order valence-electron chi connectivity index (χ4n) is 4.03. The third kappa shape index (κ3) is 5.89. The van der Waals surface area contributed by atoms with E-state index >= 15 is 0 Å². The number of amides is 2. The number of pyridine rings is 1. The van der Waals surface area contributed by atoms with Crippen LogP contribution in [0.25, 0.3) is 0 Å². The van der Waals surface area contributed by atoms with Crippen molar-refractivity contribution in [2.24, 2.45) is 5.92 Å². The van der Waals surface area contributed by atoms with Crippen molar-refractivity contribution in [1.29, 1.82) is 0 Å². The summed E-state index contributed by atoms with van der Waals surface area (Å²) in [6.07, 6.45) is 5.15. The number of aromatic nitrogens is 1. The van der Waals surface area contributed by atoms with E-state index in [4.69, 9.17) is 0 Å². The van der Waals surface area contributed by atoms with Crippen molar-refractivity contribution in [3.05, 3.63) is 65.5 Å². The van der Waals surface area contributed by atoms with Gasteiger partial charge in [-0.3, -0.25) is 14.6 Å². The molecule has 1 aliphatic rings. The molecule has 2 aromatic rings. The maximum Gasteiger partial charge on any atom is 0.247 e. The number of likely N-dealkylation sites (tertiary alicyclic amines) is 1. The minimum absolute atomic E-state index is 0.00267. The topological polar surface area (TPSA) is 62.3 Å². The highest BCUT2D eigenvalue weighted by Crippen LogP contribution is 2.23. The summed E-state index contributed by atoms with van der Waals surface area (Å²) in [6.45, 7) is 7.09. The van der Waals surface area contributed by atoms with Crippen molar-refractivity contribution in [3.63, 3.8) is 0 Å². The SMILES string of the molecule is Cc1cc(CC2CCN(C(=O)C(C)(C)NC(=O)Cc3ccccc3)CC2)ccn1. The van der Waals surface area contributed by atoms with Gasteiger partial charge in [0.25, 0.3) is 0 Å². The van der Waals surface area contributed by atoms with Gasteiger partial charge in [-0.15, -0.1) is 0 Å². The van der Waals surface area contributed by atoms with Gasteiger partial charge in [-0.25, -0.2) is 0 Å². The van der Waals surface area contributed by atoms with Crippen LogP contribution in [-0.4, -0.2) is 40.3 Å².